The Balaban J connectivity index is 2.37. The maximum Gasteiger partial charge on any atom is 0.126 e. The lowest BCUT2D eigenvalue weighted by atomic mass is 10.1. The highest BCUT2D eigenvalue weighted by Crippen LogP contribution is 2.45. The summed E-state index contributed by atoms with van der Waals surface area (Å²) in [6.45, 7) is 4.76. The molecule has 0 heterocycles. The lowest BCUT2D eigenvalue weighted by Crippen LogP contribution is -2.29. The Morgan fingerprint density at radius 2 is 2.00 bits per heavy atom. The Bertz CT molecular complexity index is 709. The zero-order chi connectivity index (χ0) is 19.3. The van der Waals surface area contributed by atoms with Gasteiger partial charge in [0.1, 0.15) is 5.84 Å². The summed E-state index contributed by atoms with van der Waals surface area (Å²) in [4.78, 5) is 6.71. The number of rotatable bonds is 7. The standard InChI is InChI=1S/C20H32N6/c1-14(2)10-20(23-3)24-17-8-9-18(15-6-7-15)19(11-17)26(22)13-16(21)12-25(4)5/h8-11,13,15H,6-7,12,21-22H2,1-5H3,(H,23,24)/b16-13-. The van der Waals surface area contributed by atoms with Gasteiger partial charge in [0.05, 0.1) is 11.4 Å². The molecule has 1 aliphatic rings. The van der Waals surface area contributed by atoms with Gasteiger partial charge in [-0.1, -0.05) is 11.6 Å². The van der Waals surface area contributed by atoms with Crippen molar-refractivity contribution in [3.8, 4) is 0 Å². The quantitative estimate of drug-likeness (QED) is 0.303. The summed E-state index contributed by atoms with van der Waals surface area (Å²) in [5, 5.41) is 4.76. The highest BCUT2D eigenvalue weighted by Gasteiger charge is 2.27. The third-order valence-corrected chi connectivity index (χ3v) is 4.04. The summed E-state index contributed by atoms with van der Waals surface area (Å²) in [6.07, 6.45) is 6.23. The van der Waals surface area contributed by atoms with E-state index in [2.05, 4.69) is 25.2 Å². The van der Waals surface area contributed by atoms with Gasteiger partial charge in [0.15, 0.2) is 0 Å². The zero-order valence-electron chi connectivity index (χ0n) is 16.6. The predicted molar refractivity (Wildman–Crippen MR) is 111 cm³/mol. The minimum Gasteiger partial charge on any atom is -0.400 e. The number of hydrogen-bond donors (Lipinski definition) is 3. The number of benzene rings is 1. The maximum atomic E-state index is 6.33. The molecule has 0 unspecified atom stereocenters. The van der Waals surface area contributed by atoms with Gasteiger partial charge in [-0.05, 0) is 70.5 Å². The Morgan fingerprint density at radius 1 is 1.31 bits per heavy atom. The molecule has 0 aliphatic heterocycles. The van der Waals surface area contributed by atoms with Crippen molar-refractivity contribution in [1.82, 2.24) is 10.2 Å². The minimum absolute atomic E-state index is 0.583. The normalized spacial score (nSPS) is 15.2. The smallest absolute Gasteiger partial charge is 0.126 e. The number of hydrazine groups is 1. The summed E-state index contributed by atoms with van der Waals surface area (Å²) in [6, 6.07) is 6.22. The molecule has 2 rings (SSSR count). The molecule has 142 valence electrons. The van der Waals surface area contributed by atoms with Crippen molar-refractivity contribution >= 4 is 17.2 Å². The fourth-order valence-corrected chi connectivity index (χ4v) is 2.79. The Morgan fingerprint density at radius 3 is 2.54 bits per heavy atom. The summed E-state index contributed by atoms with van der Waals surface area (Å²) < 4.78 is 0. The van der Waals surface area contributed by atoms with E-state index in [9.17, 15) is 0 Å². The van der Waals surface area contributed by atoms with Crippen LogP contribution >= 0.6 is 0 Å². The first-order chi connectivity index (χ1) is 12.3. The molecule has 0 amide bonds. The van der Waals surface area contributed by atoms with Gasteiger partial charge in [0.2, 0.25) is 0 Å². The highest BCUT2D eigenvalue weighted by atomic mass is 15.4. The van der Waals surface area contributed by atoms with E-state index in [4.69, 9.17) is 16.6 Å². The molecule has 26 heavy (non-hydrogen) atoms. The Kier molecular flexibility index (Phi) is 6.83. The molecule has 6 heteroatoms. The van der Waals surface area contributed by atoms with Crippen LogP contribution in [0.2, 0.25) is 0 Å². The summed E-state index contributed by atoms with van der Waals surface area (Å²) in [7, 11) is 5.84. The van der Waals surface area contributed by atoms with Crippen LogP contribution in [0.15, 0.2) is 46.7 Å². The Labute approximate surface area is 157 Å². The van der Waals surface area contributed by atoms with Crippen LogP contribution in [0, 0.1) is 0 Å². The second kappa shape index (κ2) is 8.87. The molecule has 6 nitrogen and oxygen atoms in total. The average molecular weight is 357 g/mol. The van der Waals surface area contributed by atoms with Crippen molar-refractivity contribution in [1.29, 1.82) is 0 Å². The van der Waals surface area contributed by atoms with Crippen LogP contribution in [0.3, 0.4) is 0 Å². The molecule has 1 aromatic carbocycles. The van der Waals surface area contributed by atoms with Crippen LogP contribution in [-0.4, -0.2) is 38.4 Å². The van der Waals surface area contributed by atoms with Crippen molar-refractivity contribution in [3.63, 3.8) is 0 Å². The van der Waals surface area contributed by atoms with Gasteiger partial charge in [-0.15, -0.1) is 0 Å². The van der Waals surface area contributed by atoms with E-state index < -0.39 is 0 Å². The van der Waals surface area contributed by atoms with Crippen LogP contribution in [0.1, 0.15) is 38.2 Å². The van der Waals surface area contributed by atoms with Crippen LogP contribution in [0.25, 0.3) is 0 Å². The first kappa shape index (κ1) is 20.0. The van der Waals surface area contributed by atoms with Gasteiger partial charge in [-0.25, -0.2) is 10.8 Å². The number of nitrogens with two attached hydrogens (primary N) is 2. The molecule has 0 bridgehead atoms. The molecule has 0 radical (unpaired) electrons. The molecule has 0 atom stereocenters. The molecule has 1 saturated carbocycles. The molecule has 1 aliphatic carbocycles. The second-order valence-electron chi connectivity index (χ2n) is 7.34. The molecule has 1 aromatic rings. The number of nitrogens with one attached hydrogen (secondary N) is 1. The third kappa shape index (κ3) is 5.89. The molecular formula is C20H32N6. The molecule has 0 aromatic heterocycles. The number of anilines is 1. The first-order valence-corrected chi connectivity index (χ1v) is 9.00. The van der Waals surface area contributed by atoms with Crippen LogP contribution in [0.4, 0.5) is 11.4 Å². The van der Waals surface area contributed by atoms with Gasteiger partial charge >= 0.3 is 0 Å². The van der Waals surface area contributed by atoms with Crippen molar-refractivity contribution in [2.24, 2.45) is 16.6 Å². The van der Waals surface area contributed by atoms with Crippen molar-refractivity contribution < 1.29 is 0 Å². The van der Waals surface area contributed by atoms with E-state index in [0.717, 1.165) is 17.2 Å². The largest absolute Gasteiger partial charge is 0.400 e. The molecule has 0 spiro atoms. The van der Waals surface area contributed by atoms with Crippen molar-refractivity contribution in [2.45, 2.75) is 32.6 Å². The lowest BCUT2D eigenvalue weighted by molar-refractivity contribution is 0.442. The third-order valence-electron chi connectivity index (χ3n) is 4.04. The number of aliphatic imine (C=N–C) groups is 1. The fourth-order valence-electron chi connectivity index (χ4n) is 2.79. The molecule has 0 saturated heterocycles. The number of hydrogen-bond acceptors (Lipinski definition) is 5. The topological polar surface area (TPSA) is 82.9 Å². The van der Waals surface area contributed by atoms with Gasteiger partial charge in [0.25, 0.3) is 0 Å². The molecular weight excluding hydrogens is 324 g/mol. The summed E-state index contributed by atoms with van der Waals surface area (Å²) in [5.74, 6) is 7.74. The average Bonchev–Trinajstić information content (AvgIpc) is 3.37. The second-order valence-corrected chi connectivity index (χ2v) is 7.34. The monoisotopic (exact) mass is 356 g/mol. The first-order valence-electron chi connectivity index (χ1n) is 9.00. The van der Waals surface area contributed by atoms with E-state index in [-0.39, 0.29) is 0 Å². The molecule has 5 N–H and O–H groups in total. The van der Waals surface area contributed by atoms with Gasteiger partial charge < -0.3 is 16.0 Å². The Hall–Kier alpha value is -2.31. The van der Waals surface area contributed by atoms with Crippen LogP contribution in [-0.2, 0) is 0 Å². The van der Waals surface area contributed by atoms with E-state index >= 15 is 0 Å². The molecule has 1 fully saturated rings. The predicted octanol–water partition coefficient (Wildman–Crippen LogP) is 2.82. The van der Waals surface area contributed by atoms with Crippen molar-refractivity contribution in [3.05, 3.63) is 47.3 Å². The van der Waals surface area contributed by atoms with Crippen LogP contribution in [0.5, 0.6) is 0 Å². The summed E-state index contributed by atoms with van der Waals surface area (Å²) >= 11 is 0. The number of allylic oxidation sites excluding steroid dienone is 1. The zero-order valence-corrected chi connectivity index (χ0v) is 16.6. The highest BCUT2D eigenvalue weighted by molar-refractivity contribution is 5.95. The lowest BCUT2D eigenvalue weighted by Gasteiger charge is -2.20. The van der Waals surface area contributed by atoms with Gasteiger partial charge in [0, 0.05) is 25.5 Å². The fraction of sp³-hybridized carbons (Fsp3) is 0.450. The van der Waals surface area contributed by atoms with Gasteiger partial charge in [-0.2, -0.15) is 0 Å². The van der Waals surface area contributed by atoms with Crippen molar-refractivity contribution in [2.75, 3.05) is 32.7 Å². The number of nitrogens with zero attached hydrogens (tertiary/aromatic N) is 3. The SMILES string of the molecule is CN/C(C=C(C)C)=N/c1ccc(C2CC2)c(N(N)/C=C(\N)CN(C)C)c1. The minimum atomic E-state index is 0.583. The number of amidine groups is 1. The van der Waals surface area contributed by atoms with Crippen LogP contribution < -0.4 is 21.9 Å². The maximum absolute atomic E-state index is 6.33. The van der Waals surface area contributed by atoms with E-state index in [1.807, 2.05) is 44.3 Å². The summed E-state index contributed by atoms with van der Waals surface area (Å²) in [5.41, 5.74) is 11.1. The van der Waals surface area contributed by atoms with E-state index in [1.54, 1.807) is 11.2 Å². The number of likely N-dealkylation sites (N-methyl/N-ethyl adjacent to an activating group) is 2. The van der Waals surface area contributed by atoms with Gasteiger partial charge in [-0.3, -0.25) is 5.01 Å². The van der Waals surface area contributed by atoms with E-state index in [0.29, 0.717) is 18.2 Å². The van der Waals surface area contributed by atoms with E-state index in [1.165, 1.54) is 24.0 Å².